The van der Waals surface area contributed by atoms with E-state index in [1.165, 1.54) is 4.88 Å². The molecular weight excluding hydrogens is 490 g/mol. The van der Waals surface area contributed by atoms with Crippen molar-refractivity contribution in [2.24, 2.45) is 0 Å². The lowest BCUT2D eigenvalue weighted by Gasteiger charge is -2.27. The maximum absolute atomic E-state index is 5.95. The number of benzene rings is 2. The van der Waals surface area contributed by atoms with Crippen LogP contribution in [0.5, 0.6) is 11.5 Å². The molecule has 154 valence electrons. The van der Waals surface area contributed by atoms with Gasteiger partial charge in [-0.1, -0.05) is 24.3 Å². The molecule has 0 amide bonds. The quantitative estimate of drug-likeness (QED) is 0.298. The molecule has 3 heterocycles. The van der Waals surface area contributed by atoms with Crippen LogP contribution in [-0.4, -0.2) is 10.1 Å². The minimum absolute atomic E-state index is 0.000378. The molecule has 1 fully saturated rings. The average molecular weight is 508 g/mol. The molecule has 0 aliphatic carbocycles. The van der Waals surface area contributed by atoms with Gasteiger partial charge in [-0.15, -0.1) is 11.3 Å². The molecule has 1 N–H and O–H groups in total. The highest BCUT2D eigenvalue weighted by molar-refractivity contribution is 9.10. The summed E-state index contributed by atoms with van der Waals surface area (Å²) in [6.45, 7) is 0. The molecule has 0 radical (unpaired) electrons. The lowest BCUT2D eigenvalue weighted by atomic mass is 10.0. The van der Waals surface area contributed by atoms with Crippen molar-refractivity contribution in [3.63, 3.8) is 0 Å². The van der Waals surface area contributed by atoms with E-state index in [0.717, 1.165) is 27.4 Å². The Hall–Kier alpha value is -2.74. The van der Waals surface area contributed by atoms with Gasteiger partial charge in [0.25, 0.3) is 0 Å². The molecule has 1 aliphatic rings. The summed E-state index contributed by atoms with van der Waals surface area (Å²) < 4.78 is 7.01. The first kappa shape index (κ1) is 20.2. The Morgan fingerprint density at radius 1 is 0.968 bits per heavy atom. The zero-order chi connectivity index (χ0) is 21.2. The normalized spacial score (nSPS) is 18.1. The van der Waals surface area contributed by atoms with Gasteiger partial charge in [-0.25, -0.2) is 0 Å². The van der Waals surface area contributed by atoms with Gasteiger partial charge in [0.05, 0.1) is 17.8 Å². The van der Waals surface area contributed by atoms with Gasteiger partial charge in [-0.2, -0.15) is 0 Å². The average Bonchev–Trinajstić information content (AvgIpc) is 3.38. The second-order valence-electron chi connectivity index (χ2n) is 7.07. The van der Waals surface area contributed by atoms with Crippen LogP contribution in [0.15, 0.2) is 94.9 Å². The van der Waals surface area contributed by atoms with Crippen LogP contribution < -0.4 is 15.0 Å². The number of para-hydroxylation sites is 1. The van der Waals surface area contributed by atoms with Gasteiger partial charge in [0.15, 0.2) is 5.11 Å². The molecule has 0 unspecified atom stereocenters. The summed E-state index contributed by atoms with van der Waals surface area (Å²) in [5, 5.41) is 6.27. The second-order valence-corrected chi connectivity index (χ2v) is 9.32. The van der Waals surface area contributed by atoms with Crippen molar-refractivity contribution in [1.82, 2.24) is 10.3 Å². The zero-order valence-corrected chi connectivity index (χ0v) is 19.5. The van der Waals surface area contributed by atoms with E-state index in [9.17, 15) is 0 Å². The van der Waals surface area contributed by atoms with Crippen molar-refractivity contribution in [3.8, 4) is 11.5 Å². The summed E-state index contributed by atoms with van der Waals surface area (Å²) in [7, 11) is 0. The molecule has 1 saturated heterocycles. The number of nitrogens with zero attached hydrogens (tertiary/aromatic N) is 2. The van der Waals surface area contributed by atoms with E-state index in [0.29, 0.717) is 5.11 Å². The standard InChI is InChI=1S/C24H18BrN3OS2/c25-16-14-21(31-15-16)23-22(20-8-4-5-13-26-20)27-24(30)28(23)17-9-11-19(12-10-17)29-18-6-2-1-3-7-18/h1-15,22-23H,(H,27,30)/t22-,23+/m0/s1. The molecule has 7 heteroatoms. The van der Waals surface area contributed by atoms with Crippen molar-refractivity contribution >= 4 is 50.3 Å². The number of pyridine rings is 1. The fourth-order valence-electron chi connectivity index (χ4n) is 3.70. The Morgan fingerprint density at radius 3 is 2.39 bits per heavy atom. The fraction of sp³-hybridized carbons (Fsp3) is 0.0833. The number of anilines is 1. The molecular formula is C24H18BrN3OS2. The highest BCUT2D eigenvalue weighted by Gasteiger charge is 2.41. The first-order valence-electron chi connectivity index (χ1n) is 9.76. The third-order valence-corrected chi connectivity index (χ3v) is 7.15. The van der Waals surface area contributed by atoms with E-state index < -0.39 is 0 Å². The monoisotopic (exact) mass is 507 g/mol. The van der Waals surface area contributed by atoms with Crippen LogP contribution in [-0.2, 0) is 0 Å². The van der Waals surface area contributed by atoms with E-state index in [4.69, 9.17) is 17.0 Å². The number of thiophene rings is 1. The summed E-state index contributed by atoms with van der Waals surface area (Å²) in [5.41, 5.74) is 1.97. The van der Waals surface area contributed by atoms with Crippen LogP contribution in [0, 0.1) is 0 Å². The van der Waals surface area contributed by atoms with Gasteiger partial charge in [0.1, 0.15) is 11.5 Å². The van der Waals surface area contributed by atoms with Crippen LogP contribution in [0.2, 0.25) is 0 Å². The van der Waals surface area contributed by atoms with Crippen molar-refractivity contribution in [1.29, 1.82) is 0 Å². The van der Waals surface area contributed by atoms with Gasteiger partial charge < -0.3 is 15.0 Å². The molecule has 0 bridgehead atoms. The van der Waals surface area contributed by atoms with Crippen LogP contribution in [0.3, 0.4) is 0 Å². The van der Waals surface area contributed by atoms with Gasteiger partial charge in [0.2, 0.25) is 0 Å². The topological polar surface area (TPSA) is 37.4 Å². The summed E-state index contributed by atoms with van der Waals surface area (Å²) in [5.74, 6) is 1.59. The molecule has 0 saturated carbocycles. The molecule has 2 atom stereocenters. The maximum atomic E-state index is 5.95. The molecule has 2 aromatic carbocycles. The Morgan fingerprint density at radius 2 is 1.71 bits per heavy atom. The number of thiocarbonyl (C=S) groups is 1. The van der Waals surface area contributed by atoms with E-state index >= 15 is 0 Å². The maximum Gasteiger partial charge on any atom is 0.174 e. The number of halogens is 1. The van der Waals surface area contributed by atoms with Gasteiger partial charge in [-0.05, 0) is 82.7 Å². The number of aromatic nitrogens is 1. The molecule has 5 rings (SSSR count). The highest BCUT2D eigenvalue weighted by Crippen LogP contribution is 2.44. The van der Waals surface area contributed by atoms with Gasteiger partial charge >= 0.3 is 0 Å². The van der Waals surface area contributed by atoms with Crippen molar-refractivity contribution in [3.05, 3.63) is 105 Å². The van der Waals surface area contributed by atoms with Gasteiger partial charge in [0, 0.05) is 26.6 Å². The Kier molecular flexibility index (Phi) is 5.72. The predicted molar refractivity (Wildman–Crippen MR) is 133 cm³/mol. The third-order valence-electron chi connectivity index (χ3n) is 5.07. The zero-order valence-electron chi connectivity index (χ0n) is 16.3. The minimum atomic E-state index is -0.0421. The van der Waals surface area contributed by atoms with E-state index in [2.05, 4.69) is 42.6 Å². The third kappa shape index (κ3) is 4.21. The Balaban J connectivity index is 1.48. The smallest absolute Gasteiger partial charge is 0.174 e. The van der Waals surface area contributed by atoms with Crippen LogP contribution in [0.1, 0.15) is 22.7 Å². The summed E-state index contributed by atoms with van der Waals surface area (Å²) >= 11 is 11.1. The first-order valence-corrected chi connectivity index (χ1v) is 11.8. The fourth-order valence-corrected chi connectivity index (χ4v) is 5.62. The minimum Gasteiger partial charge on any atom is -0.457 e. The van der Waals surface area contributed by atoms with Crippen molar-refractivity contribution in [2.45, 2.75) is 12.1 Å². The number of hydrogen-bond donors (Lipinski definition) is 1. The van der Waals surface area contributed by atoms with E-state index in [-0.39, 0.29) is 12.1 Å². The summed E-state index contributed by atoms with van der Waals surface area (Å²) in [4.78, 5) is 7.96. The number of rotatable bonds is 5. The van der Waals surface area contributed by atoms with Crippen LogP contribution in [0.25, 0.3) is 0 Å². The molecule has 31 heavy (non-hydrogen) atoms. The molecule has 0 spiro atoms. The number of nitrogens with one attached hydrogen (secondary N) is 1. The van der Waals surface area contributed by atoms with Crippen LogP contribution in [0.4, 0.5) is 5.69 Å². The highest BCUT2D eigenvalue weighted by atomic mass is 79.9. The Bertz CT molecular complexity index is 1180. The van der Waals surface area contributed by atoms with Crippen molar-refractivity contribution < 1.29 is 4.74 Å². The lowest BCUT2D eigenvalue weighted by Crippen LogP contribution is -2.28. The summed E-state index contributed by atoms with van der Waals surface area (Å²) in [6.07, 6.45) is 1.82. The number of ether oxygens (including phenoxy) is 1. The van der Waals surface area contributed by atoms with Crippen LogP contribution >= 0.6 is 39.5 Å². The second kappa shape index (κ2) is 8.78. The van der Waals surface area contributed by atoms with Gasteiger partial charge in [-0.3, -0.25) is 4.98 Å². The Labute approximate surface area is 198 Å². The first-order chi connectivity index (χ1) is 15.2. The van der Waals surface area contributed by atoms with Crippen molar-refractivity contribution in [2.75, 3.05) is 4.90 Å². The molecule has 2 aromatic heterocycles. The molecule has 4 nitrogen and oxygen atoms in total. The summed E-state index contributed by atoms with van der Waals surface area (Å²) in [6, 6.07) is 25.9. The number of hydrogen-bond acceptors (Lipinski definition) is 4. The molecule has 1 aliphatic heterocycles. The predicted octanol–water partition coefficient (Wildman–Crippen LogP) is 6.88. The molecule has 4 aromatic rings. The lowest BCUT2D eigenvalue weighted by molar-refractivity contribution is 0.482. The van der Waals surface area contributed by atoms with E-state index in [1.807, 2.05) is 79.0 Å². The SMILES string of the molecule is S=C1N[C@@H](c2ccccn2)[C@@H](c2cc(Br)cs2)N1c1ccc(Oc2ccccc2)cc1. The largest absolute Gasteiger partial charge is 0.457 e. The van der Waals surface area contributed by atoms with E-state index in [1.54, 1.807) is 11.3 Å².